The first kappa shape index (κ1) is 95.3. The number of aryl methyl sites for hydroxylation is 8. The number of aliphatic hydroxyl groups is 2. The van der Waals surface area contributed by atoms with Crippen LogP contribution in [0.4, 0.5) is 36.4 Å². The summed E-state index contributed by atoms with van der Waals surface area (Å²) < 4.78 is 99.7. The van der Waals surface area contributed by atoms with Crippen LogP contribution in [0.5, 0.6) is 0 Å². The Balaban J connectivity index is 0.000000133. The quantitative estimate of drug-likeness (QED) is 0.0251. The highest BCUT2D eigenvalue weighted by molar-refractivity contribution is 7.92. The van der Waals surface area contributed by atoms with E-state index < -0.39 is 44.3 Å². The average molecular weight is 1900 g/mol. The number of hydrogen-bond donors (Lipinski definition) is 7. The lowest BCUT2D eigenvalue weighted by molar-refractivity contribution is -0.198. The number of anilines is 4. The minimum Gasteiger partial charge on any atom is -0.388 e. The molecule has 16 aromatic rings. The summed E-state index contributed by atoms with van der Waals surface area (Å²) in [5, 5.41) is 72.3. The number of piperidine rings is 1. The van der Waals surface area contributed by atoms with E-state index in [0.29, 0.717) is 89.9 Å². The van der Waals surface area contributed by atoms with Crippen molar-refractivity contribution < 1.29 is 45.0 Å². The average Bonchev–Trinajstić information content (AvgIpc) is 1.11. The molecule has 8 N–H and O–H groups in total. The van der Waals surface area contributed by atoms with Crippen LogP contribution in [0, 0.1) is 5.92 Å². The van der Waals surface area contributed by atoms with E-state index in [1.54, 1.807) is 106 Å². The number of alkyl halides is 3. The van der Waals surface area contributed by atoms with Crippen molar-refractivity contribution in [2.24, 2.45) is 67.4 Å². The second-order valence-electron chi connectivity index (χ2n) is 34.6. The molecule has 42 heteroatoms. The Kier molecular flexibility index (Phi) is 28.6. The topological polar surface area (TPSA) is 449 Å². The van der Waals surface area contributed by atoms with Gasteiger partial charge in [0.2, 0.25) is 15.9 Å². The fraction of sp³-hybridized carbons (Fsp3) is 0.316. The summed E-state index contributed by atoms with van der Waals surface area (Å²) in [6.07, 6.45) is 35.2. The predicted molar refractivity (Wildman–Crippen MR) is 516 cm³/mol. The van der Waals surface area contributed by atoms with Gasteiger partial charge in [-0.2, -0.15) is 54.0 Å². The number of nitrogens with two attached hydrogens (primary N) is 1. The lowest BCUT2D eigenvalue weighted by Crippen LogP contribution is -2.49. The van der Waals surface area contributed by atoms with Crippen LogP contribution >= 0.6 is 0 Å². The number of nitrogens with zero attached hydrogens (tertiary/aromatic N) is 25. The zero-order valence-corrected chi connectivity index (χ0v) is 78.5. The van der Waals surface area contributed by atoms with Gasteiger partial charge in [0, 0.05) is 259 Å². The molecule has 12 aromatic heterocycles. The van der Waals surface area contributed by atoms with E-state index in [-0.39, 0.29) is 41.2 Å². The first-order valence-corrected chi connectivity index (χ1v) is 47.8. The van der Waals surface area contributed by atoms with Crippen LogP contribution in [0.15, 0.2) is 221 Å². The summed E-state index contributed by atoms with van der Waals surface area (Å²) in [5.41, 5.74) is 16.5. The normalized spacial score (nSPS) is 15.1. The van der Waals surface area contributed by atoms with Gasteiger partial charge in [-0.05, 0) is 104 Å². The molecule has 2 aliphatic carbocycles. The second kappa shape index (κ2) is 41.1. The summed E-state index contributed by atoms with van der Waals surface area (Å²) in [4.78, 5) is 50.8. The molecule has 37 nitrogen and oxygen atoms in total. The zero-order chi connectivity index (χ0) is 96.5. The number of carbonyl (C=O) groups is 1. The zero-order valence-electron chi connectivity index (χ0n) is 76.8. The molecule has 13 heterocycles. The van der Waals surface area contributed by atoms with Crippen molar-refractivity contribution in [1.29, 1.82) is 0 Å². The van der Waals surface area contributed by atoms with E-state index in [1.165, 1.54) is 6.20 Å². The number of halogens is 3. The van der Waals surface area contributed by atoms with Crippen molar-refractivity contribution in [3.05, 3.63) is 221 Å². The van der Waals surface area contributed by atoms with E-state index >= 15 is 0 Å². The van der Waals surface area contributed by atoms with Crippen molar-refractivity contribution in [2.75, 3.05) is 65.5 Å². The van der Waals surface area contributed by atoms with E-state index in [2.05, 4.69) is 99.1 Å². The molecule has 0 bridgehead atoms. The van der Waals surface area contributed by atoms with Crippen molar-refractivity contribution in [1.82, 2.24) is 123 Å². The van der Waals surface area contributed by atoms with Gasteiger partial charge in [0.1, 0.15) is 23.3 Å². The Morgan fingerprint density at radius 3 is 1.04 bits per heavy atom. The maximum Gasteiger partial charge on any atom is 0.416 e. The first-order valence-electron chi connectivity index (χ1n) is 44.4. The van der Waals surface area contributed by atoms with Gasteiger partial charge < -0.3 is 36.4 Å². The van der Waals surface area contributed by atoms with Crippen LogP contribution in [0.25, 0.3) is 135 Å². The molecule has 2 saturated carbocycles. The molecular formula is C95H105F3N30O7S2. The van der Waals surface area contributed by atoms with E-state index in [4.69, 9.17) is 20.1 Å². The summed E-state index contributed by atoms with van der Waals surface area (Å²) in [6, 6.07) is 31.8. The summed E-state index contributed by atoms with van der Waals surface area (Å²) in [5.74, 6) is 4.57. The molecule has 1 saturated heterocycles. The highest BCUT2D eigenvalue weighted by Crippen LogP contribution is 2.40. The van der Waals surface area contributed by atoms with Crippen molar-refractivity contribution in [3.63, 3.8) is 0 Å². The Hall–Kier alpha value is -14.9. The Labute approximate surface area is 788 Å². The molecule has 1 unspecified atom stereocenters. The third-order valence-corrected chi connectivity index (χ3v) is 27.0. The smallest absolute Gasteiger partial charge is 0.388 e. The number of sulfonamides is 1. The van der Waals surface area contributed by atoms with E-state index in [0.717, 1.165) is 139 Å². The third-order valence-electron chi connectivity index (χ3n) is 23.8. The van der Waals surface area contributed by atoms with Gasteiger partial charge in [0.25, 0.3) is 0 Å². The Morgan fingerprint density at radius 2 is 0.737 bits per heavy atom. The van der Waals surface area contributed by atoms with Gasteiger partial charge in [-0.3, -0.25) is 42.2 Å². The number of amides is 1. The number of carbonyl (C=O) groups excluding carboxylic acids is 1. The number of aromatic nitrogens is 24. The number of hydrogen-bond acceptors (Lipinski definition) is 27. The lowest BCUT2D eigenvalue weighted by Gasteiger charge is -2.38. The monoisotopic (exact) mass is 1900 g/mol. The van der Waals surface area contributed by atoms with Crippen LogP contribution in [0.1, 0.15) is 58.3 Å². The molecular weight excluding hydrogens is 1790 g/mol. The molecule has 1 amide bonds. The van der Waals surface area contributed by atoms with Crippen LogP contribution in [0.3, 0.4) is 0 Å². The predicted octanol–water partition coefficient (Wildman–Crippen LogP) is 12.1. The molecule has 710 valence electrons. The number of nitrogens with one attached hydrogen (secondary N) is 4. The maximum atomic E-state index is 12.8. The largest absolute Gasteiger partial charge is 0.416 e. The highest BCUT2D eigenvalue weighted by Gasteiger charge is 2.40. The van der Waals surface area contributed by atoms with Crippen LogP contribution in [-0.2, 0) is 81.0 Å². The van der Waals surface area contributed by atoms with Gasteiger partial charge >= 0.3 is 6.18 Å². The fourth-order valence-corrected chi connectivity index (χ4v) is 18.7. The summed E-state index contributed by atoms with van der Waals surface area (Å²) >= 11 is 0. The lowest BCUT2D eigenvalue weighted by atomic mass is 9.87. The molecule has 0 spiro atoms. The minimum absolute atomic E-state index is 0.0397. The number of aliphatic hydroxyl groups excluding tert-OH is 1. The molecule has 0 radical (unpaired) electrons. The highest BCUT2D eigenvalue weighted by atomic mass is 32.2. The van der Waals surface area contributed by atoms with Crippen LogP contribution in [-0.4, -0.2) is 229 Å². The SMILES string of the molecule is CC(=O)N1CCC(O)(CNc2nc(-c3cccc(-c4cnn(C)c4)c3)ncc2-c2cnn(C)c2)CC1.Cn1cc(-c2cccc(-c3ncc(-c4cnn(C)c4)c(NC4CCC(CS(=O)(=O)C5CC5)CC4)n3)c2)cn1.Cn1cc(-c2cccc(-c3ncc(-c4cnn(C)c4)c(NCC(O)C(F)(F)F)n3)c2)cn1.Cn1cc(-c2cccc(-c3ncc(-c4cnn(C)c4)c(NCCS(N)(=O)=O)n3)c2)cn1. The third kappa shape index (κ3) is 24.5. The first-order chi connectivity index (χ1) is 65.6. The molecule has 137 heavy (non-hydrogen) atoms. The Bertz CT molecular complexity index is 7180. The Morgan fingerprint density at radius 1 is 0.431 bits per heavy atom. The standard InChI is InChI=1S/C28H33N7O2S.C26H30N8O2.C21H20F3N7O.C20H22N8O2S/c1-34-16-22(13-30-34)20-4-3-5-21(12-20)27-29-15-26(23-14-31-35(2)17-23)28(33-27)32-24-8-6-19(7-9-24)18-38(36,37)25-10-11-25;1-18(35)34-9-7-26(36,8-10-34)17-28-25-23(22-13-30-33(3)16-22)14-27-24(31-25)20-6-4-5-19(11-20)21-12-29-32(2)15-21;1-30-11-15(7-27-30)13-4-3-5-14(6-13)19-25-9-17(16-8-28-31(2)12-16)20(29-19)26-10-18(32)21(22,23)24;1-27-12-16(9-24-27)14-4-3-5-15(8-14)19-23-11-18(17-10-25-28(2)13-17)20(26-19)22-6-7-31(21,29)30/h3-5,12-17,19,24-25H,6-11,18H2,1-2H3,(H,29,32,33);4-6,11-16,36H,7-10,17H2,1-3H3,(H,27,28,31);3-9,11-12,18,32H,10H2,1-2H3,(H,25,26,29);3-5,8-13H,6-7H2,1-2H3,(H2,21,29,30)(H,22,23,26). The number of likely N-dealkylation sites (tertiary alicyclic amines) is 1. The van der Waals surface area contributed by atoms with Crippen molar-refractivity contribution >= 4 is 49.0 Å². The minimum atomic E-state index is -4.74. The molecule has 4 aromatic carbocycles. The number of primary sulfonamides is 1. The molecule has 3 aliphatic rings. The van der Waals surface area contributed by atoms with Crippen LogP contribution < -0.4 is 26.4 Å². The van der Waals surface area contributed by atoms with Crippen LogP contribution in [0.2, 0.25) is 0 Å². The van der Waals surface area contributed by atoms with Crippen molar-refractivity contribution in [3.8, 4) is 135 Å². The molecule has 1 atom stereocenters. The van der Waals surface area contributed by atoms with E-state index in [9.17, 15) is 45.0 Å². The second-order valence-corrected chi connectivity index (χ2v) is 38.6. The summed E-state index contributed by atoms with van der Waals surface area (Å²) in [6.45, 7) is 2.34. The van der Waals surface area contributed by atoms with Gasteiger partial charge in [0.05, 0.1) is 78.5 Å². The van der Waals surface area contributed by atoms with Gasteiger partial charge in [-0.25, -0.2) is 61.8 Å². The number of sulfone groups is 1. The molecule has 3 fully saturated rings. The molecule has 19 rings (SSSR count). The number of benzene rings is 4. The molecule has 1 aliphatic heterocycles. The van der Waals surface area contributed by atoms with Gasteiger partial charge in [-0.1, -0.05) is 72.8 Å². The van der Waals surface area contributed by atoms with Gasteiger partial charge in [0.15, 0.2) is 39.2 Å². The van der Waals surface area contributed by atoms with Crippen molar-refractivity contribution in [2.45, 2.75) is 87.5 Å². The van der Waals surface area contributed by atoms with Gasteiger partial charge in [-0.15, -0.1) is 0 Å². The maximum absolute atomic E-state index is 12.8. The number of rotatable bonds is 27. The summed E-state index contributed by atoms with van der Waals surface area (Å²) in [7, 11) is 8.28. The van der Waals surface area contributed by atoms with E-state index in [1.807, 2.05) is 202 Å². The fourth-order valence-electron chi connectivity index (χ4n) is 16.2.